The molecule has 2 aromatic rings. The first kappa shape index (κ1) is 31.5. The van der Waals surface area contributed by atoms with E-state index in [1.807, 2.05) is 9.80 Å². The Morgan fingerprint density at radius 3 is 2.59 bits per heavy atom. The number of sulfone groups is 1. The first-order chi connectivity index (χ1) is 21.6. The number of halogens is 6. The Kier molecular flexibility index (Phi) is 7.51. The summed E-state index contributed by atoms with van der Waals surface area (Å²) in [6, 6.07) is 1.01. The normalized spacial score (nSPS) is 28.8. The highest BCUT2D eigenvalue weighted by Gasteiger charge is 2.49. The number of ether oxygens (including phenoxy) is 1. The van der Waals surface area contributed by atoms with Crippen LogP contribution in [0.5, 0.6) is 6.01 Å². The van der Waals surface area contributed by atoms with Gasteiger partial charge in [0.1, 0.15) is 12.4 Å². The summed E-state index contributed by atoms with van der Waals surface area (Å²) in [4.78, 5) is 13.1. The molecular formula is C30H34F6N6O3S. The van der Waals surface area contributed by atoms with E-state index in [0.29, 0.717) is 31.9 Å². The van der Waals surface area contributed by atoms with Crippen LogP contribution in [0.3, 0.4) is 0 Å². The van der Waals surface area contributed by atoms with Gasteiger partial charge in [0.05, 0.1) is 33.5 Å². The number of benzene rings is 1. The molecule has 5 aliphatic heterocycles. The van der Waals surface area contributed by atoms with E-state index < -0.39 is 67.7 Å². The van der Waals surface area contributed by atoms with E-state index >= 15 is 4.39 Å². The van der Waals surface area contributed by atoms with Gasteiger partial charge in [0.2, 0.25) is 0 Å². The predicted octanol–water partition coefficient (Wildman–Crippen LogP) is 4.45. The number of hydrogen-bond donors (Lipinski definition) is 2. The molecule has 5 aliphatic rings. The van der Waals surface area contributed by atoms with Gasteiger partial charge < -0.3 is 20.7 Å². The number of piperazine rings is 1. The van der Waals surface area contributed by atoms with Crippen LogP contribution in [0.15, 0.2) is 17.7 Å². The van der Waals surface area contributed by atoms with Gasteiger partial charge in [-0.2, -0.15) is 31.9 Å². The average molecular weight is 673 g/mol. The molecule has 4 atom stereocenters. The summed E-state index contributed by atoms with van der Waals surface area (Å²) in [6.45, 7) is 2.92. The van der Waals surface area contributed by atoms with Gasteiger partial charge in [0.25, 0.3) is 6.08 Å². The molecule has 1 aromatic carbocycles. The van der Waals surface area contributed by atoms with Gasteiger partial charge in [0.15, 0.2) is 15.7 Å². The van der Waals surface area contributed by atoms with Crippen LogP contribution in [-0.4, -0.2) is 73.7 Å². The number of anilines is 2. The van der Waals surface area contributed by atoms with Crippen molar-refractivity contribution < 1.29 is 39.5 Å². The molecular weight excluding hydrogens is 638 g/mol. The summed E-state index contributed by atoms with van der Waals surface area (Å²) in [7, 11) is -4.41. The molecule has 9 nitrogen and oxygen atoms in total. The van der Waals surface area contributed by atoms with Crippen molar-refractivity contribution in [3.8, 4) is 6.01 Å². The van der Waals surface area contributed by atoms with Crippen LogP contribution in [0, 0.1) is 12.7 Å². The zero-order valence-corrected chi connectivity index (χ0v) is 25.9. The standard InChI is InChI=1S/C30H34F6N6O3S/c1-15-7-20(37)25(31)23(24(15)30(34,35)36)22-8-21-19(13-46(22,43)44)27(41-11-17-3-4-18(12-41)38-17)40-28(39-21)45-14-29-5-2-6-42(29)10-16(9-29)26(32)33/h7,17-18,22,38H,2-6,8-14,37H2,1H3/t17?,18?,22-,29-/m0/s1. The molecule has 0 radical (unpaired) electrons. The van der Waals surface area contributed by atoms with Gasteiger partial charge >= 0.3 is 12.2 Å². The molecule has 2 unspecified atom stereocenters. The van der Waals surface area contributed by atoms with Gasteiger partial charge in [-0.05, 0) is 57.2 Å². The second-order valence-corrected chi connectivity index (χ2v) is 15.4. The van der Waals surface area contributed by atoms with Crippen LogP contribution in [0.4, 0.5) is 37.8 Å². The minimum Gasteiger partial charge on any atom is -0.461 e. The lowest BCUT2D eigenvalue weighted by Crippen LogP contribution is -2.52. The molecule has 2 bridgehead atoms. The predicted molar refractivity (Wildman–Crippen MR) is 157 cm³/mol. The quantitative estimate of drug-likeness (QED) is 0.352. The topological polar surface area (TPSA) is 114 Å². The molecule has 3 N–H and O–H groups in total. The number of hydrogen-bond acceptors (Lipinski definition) is 9. The third kappa shape index (κ3) is 5.29. The highest BCUT2D eigenvalue weighted by molar-refractivity contribution is 7.91. The monoisotopic (exact) mass is 672 g/mol. The maximum atomic E-state index is 15.5. The summed E-state index contributed by atoms with van der Waals surface area (Å²) >= 11 is 0. The molecule has 250 valence electrons. The minimum absolute atomic E-state index is 0.00218. The largest absolute Gasteiger partial charge is 0.461 e. The second-order valence-electron chi connectivity index (χ2n) is 13.3. The smallest absolute Gasteiger partial charge is 0.417 e. The van der Waals surface area contributed by atoms with E-state index in [-0.39, 0.29) is 60.1 Å². The summed E-state index contributed by atoms with van der Waals surface area (Å²) < 4.78 is 119. The fourth-order valence-electron chi connectivity index (χ4n) is 8.18. The van der Waals surface area contributed by atoms with E-state index in [4.69, 9.17) is 10.5 Å². The maximum Gasteiger partial charge on any atom is 0.417 e. The fraction of sp³-hybridized carbons (Fsp3) is 0.600. The van der Waals surface area contributed by atoms with Gasteiger partial charge in [-0.15, -0.1) is 0 Å². The number of nitrogen functional groups attached to an aromatic ring is 1. The number of aryl methyl sites for hydroxylation is 1. The Bertz CT molecular complexity index is 1720. The zero-order valence-electron chi connectivity index (χ0n) is 25.1. The lowest BCUT2D eigenvalue weighted by molar-refractivity contribution is -0.138. The van der Waals surface area contributed by atoms with E-state index in [1.54, 1.807) is 0 Å². The molecule has 1 aromatic heterocycles. The van der Waals surface area contributed by atoms with Crippen LogP contribution in [0.2, 0.25) is 0 Å². The zero-order chi connectivity index (χ0) is 32.8. The van der Waals surface area contributed by atoms with Crippen molar-refractivity contribution in [3.05, 3.63) is 51.5 Å². The van der Waals surface area contributed by atoms with E-state index in [9.17, 15) is 30.4 Å². The van der Waals surface area contributed by atoms with Crippen molar-refractivity contribution in [3.63, 3.8) is 0 Å². The lowest BCUT2D eigenvalue weighted by Gasteiger charge is -2.37. The number of alkyl halides is 3. The second kappa shape index (κ2) is 11.0. The number of aromatic nitrogens is 2. The van der Waals surface area contributed by atoms with E-state index in [1.165, 1.54) is 0 Å². The van der Waals surface area contributed by atoms with Crippen molar-refractivity contribution in [2.24, 2.45) is 0 Å². The fourth-order valence-corrected chi connectivity index (χ4v) is 10.1. The van der Waals surface area contributed by atoms with E-state index in [2.05, 4.69) is 15.3 Å². The Morgan fingerprint density at radius 1 is 1.20 bits per heavy atom. The SMILES string of the molecule is Cc1cc(N)c(F)c([C@@H]2Cc3nc(OC[C@@]45CCCN4CC(=C(F)F)C5)nc(N4CC5CCC(C4)N5)c3CS2(=O)=O)c1C(F)(F)F. The van der Waals surface area contributed by atoms with Crippen LogP contribution in [0.1, 0.15) is 65.3 Å². The number of rotatable bonds is 5. The van der Waals surface area contributed by atoms with Crippen molar-refractivity contribution in [2.75, 3.05) is 43.4 Å². The van der Waals surface area contributed by atoms with Crippen molar-refractivity contribution in [1.29, 1.82) is 0 Å². The first-order valence-corrected chi connectivity index (χ1v) is 17.1. The molecule has 6 heterocycles. The third-order valence-corrected chi connectivity index (χ3v) is 12.2. The Morgan fingerprint density at radius 2 is 1.91 bits per heavy atom. The summed E-state index contributed by atoms with van der Waals surface area (Å²) in [5.41, 5.74) is 2.12. The molecule has 4 fully saturated rings. The summed E-state index contributed by atoms with van der Waals surface area (Å²) in [6.07, 6.45) is -3.91. The molecule has 16 heteroatoms. The van der Waals surface area contributed by atoms with Crippen molar-refractivity contribution in [1.82, 2.24) is 20.2 Å². The average Bonchev–Trinajstić information content (AvgIpc) is 3.63. The van der Waals surface area contributed by atoms with Crippen LogP contribution in [-0.2, 0) is 28.2 Å². The third-order valence-electron chi connectivity index (χ3n) is 10.3. The molecule has 4 saturated heterocycles. The molecule has 0 amide bonds. The molecule has 0 saturated carbocycles. The van der Waals surface area contributed by atoms with E-state index in [0.717, 1.165) is 32.3 Å². The van der Waals surface area contributed by atoms with Crippen molar-refractivity contribution in [2.45, 2.75) is 80.3 Å². The maximum absolute atomic E-state index is 15.5. The van der Waals surface area contributed by atoms with Gasteiger partial charge in [-0.1, -0.05) is 0 Å². The highest BCUT2D eigenvalue weighted by atomic mass is 32.2. The minimum atomic E-state index is -5.05. The first-order valence-electron chi connectivity index (χ1n) is 15.3. The number of fused-ring (bicyclic) bond motifs is 4. The number of nitrogens with zero attached hydrogens (tertiary/aromatic N) is 4. The van der Waals surface area contributed by atoms with Crippen molar-refractivity contribution >= 4 is 21.3 Å². The van der Waals surface area contributed by atoms with Gasteiger partial charge in [0, 0.05) is 54.8 Å². The van der Waals surface area contributed by atoms with Crippen LogP contribution in [0.25, 0.3) is 0 Å². The molecule has 0 aliphatic carbocycles. The van der Waals surface area contributed by atoms with Crippen LogP contribution >= 0.6 is 0 Å². The Labute approximate surface area is 262 Å². The lowest BCUT2D eigenvalue weighted by atomic mass is 9.93. The summed E-state index contributed by atoms with van der Waals surface area (Å²) in [5, 5.41) is 1.59. The summed E-state index contributed by atoms with van der Waals surface area (Å²) in [5.74, 6) is -1.82. The molecule has 7 rings (SSSR count). The van der Waals surface area contributed by atoms with Gasteiger partial charge in [-0.3, -0.25) is 4.90 Å². The number of nitrogens with two attached hydrogens (primary N) is 1. The Balaban J connectivity index is 1.30. The van der Waals surface area contributed by atoms with Gasteiger partial charge in [-0.25, -0.2) is 12.8 Å². The number of nitrogens with one attached hydrogen (secondary N) is 1. The molecule has 46 heavy (non-hydrogen) atoms. The Hall–Kier alpha value is -3.11. The van der Waals surface area contributed by atoms with Crippen LogP contribution < -0.4 is 20.7 Å². The highest BCUT2D eigenvalue weighted by Crippen LogP contribution is 2.47. The molecule has 0 spiro atoms.